The molecule has 1 aliphatic rings. The summed E-state index contributed by atoms with van der Waals surface area (Å²) < 4.78 is 2.26. The quantitative estimate of drug-likeness (QED) is 0.753. The highest BCUT2D eigenvalue weighted by Gasteiger charge is 2.16. The van der Waals surface area contributed by atoms with Gasteiger partial charge in [-0.05, 0) is 39.3 Å². The lowest BCUT2D eigenvalue weighted by molar-refractivity contribution is 0.311. The first-order valence-corrected chi connectivity index (χ1v) is 4.96. The lowest BCUT2D eigenvalue weighted by atomic mass is 9.99. The summed E-state index contributed by atoms with van der Waals surface area (Å²) in [6.07, 6.45) is 3.24. The summed E-state index contributed by atoms with van der Waals surface area (Å²) in [6.45, 7) is 7.73. The molecule has 1 aromatic heterocycles. The van der Waals surface area contributed by atoms with Crippen LogP contribution in [0.2, 0.25) is 0 Å². The fourth-order valence-corrected chi connectivity index (χ4v) is 1.64. The van der Waals surface area contributed by atoms with Gasteiger partial charge in [-0.25, -0.2) is 4.98 Å². The highest BCUT2D eigenvalue weighted by atomic mass is 15.1. The first-order chi connectivity index (χ1) is 6.27. The van der Waals surface area contributed by atoms with Crippen molar-refractivity contribution in [2.75, 3.05) is 13.1 Å². The highest BCUT2D eigenvalue weighted by Crippen LogP contribution is 2.12. The zero-order chi connectivity index (χ0) is 9.26. The minimum Gasteiger partial charge on any atom is -0.335 e. The zero-order valence-corrected chi connectivity index (χ0v) is 8.38. The monoisotopic (exact) mass is 179 g/mol. The van der Waals surface area contributed by atoms with Crippen LogP contribution in [-0.4, -0.2) is 22.6 Å². The molecule has 0 saturated carbocycles. The minimum atomic E-state index is 0.891. The summed E-state index contributed by atoms with van der Waals surface area (Å²) >= 11 is 0. The van der Waals surface area contributed by atoms with Crippen LogP contribution in [0.15, 0.2) is 6.33 Å². The van der Waals surface area contributed by atoms with E-state index in [4.69, 9.17) is 0 Å². The van der Waals surface area contributed by atoms with Crippen LogP contribution in [0.3, 0.4) is 0 Å². The third-order valence-corrected chi connectivity index (χ3v) is 2.99. The molecule has 0 bridgehead atoms. The molecule has 3 heteroatoms. The number of nitrogens with zero attached hydrogens (tertiary/aromatic N) is 2. The second kappa shape index (κ2) is 3.50. The summed E-state index contributed by atoms with van der Waals surface area (Å²) in [7, 11) is 0. The molecule has 0 aliphatic carbocycles. The Morgan fingerprint density at radius 1 is 1.54 bits per heavy atom. The molecule has 0 spiro atoms. The first kappa shape index (κ1) is 8.75. The van der Waals surface area contributed by atoms with E-state index in [1.807, 2.05) is 6.33 Å². The molecular formula is C10H17N3. The van der Waals surface area contributed by atoms with Crippen LogP contribution in [0.5, 0.6) is 0 Å². The van der Waals surface area contributed by atoms with Gasteiger partial charge in [0.25, 0.3) is 0 Å². The van der Waals surface area contributed by atoms with Gasteiger partial charge >= 0.3 is 0 Å². The van der Waals surface area contributed by atoms with Gasteiger partial charge in [-0.2, -0.15) is 0 Å². The Morgan fingerprint density at radius 2 is 2.31 bits per heavy atom. The molecule has 0 atom stereocenters. The van der Waals surface area contributed by atoms with Crippen LogP contribution in [0.1, 0.15) is 17.8 Å². The van der Waals surface area contributed by atoms with Crippen LogP contribution in [0.25, 0.3) is 0 Å². The molecule has 1 N–H and O–H groups in total. The summed E-state index contributed by atoms with van der Waals surface area (Å²) in [4.78, 5) is 4.29. The smallest absolute Gasteiger partial charge is 0.0951 e. The Morgan fingerprint density at radius 3 is 2.77 bits per heavy atom. The molecule has 2 rings (SSSR count). The van der Waals surface area contributed by atoms with E-state index < -0.39 is 0 Å². The zero-order valence-electron chi connectivity index (χ0n) is 8.38. The maximum Gasteiger partial charge on any atom is 0.0951 e. The molecule has 0 unspecified atom stereocenters. The van der Waals surface area contributed by atoms with Crippen molar-refractivity contribution in [3.8, 4) is 0 Å². The fourth-order valence-electron chi connectivity index (χ4n) is 1.64. The van der Waals surface area contributed by atoms with Crippen LogP contribution in [0, 0.1) is 19.8 Å². The molecule has 1 aromatic rings. The van der Waals surface area contributed by atoms with E-state index in [1.165, 1.54) is 25.2 Å². The van der Waals surface area contributed by atoms with Gasteiger partial charge in [0, 0.05) is 12.2 Å². The lowest BCUT2D eigenvalue weighted by Gasteiger charge is -2.27. The average Bonchev–Trinajstić information content (AvgIpc) is 2.33. The molecule has 2 heterocycles. The Hall–Kier alpha value is -0.830. The van der Waals surface area contributed by atoms with E-state index >= 15 is 0 Å². The minimum absolute atomic E-state index is 0.891. The van der Waals surface area contributed by atoms with Gasteiger partial charge in [0.2, 0.25) is 0 Å². The predicted molar refractivity (Wildman–Crippen MR) is 52.7 cm³/mol. The number of aromatic nitrogens is 2. The van der Waals surface area contributed by atoms with E-state index in [1.54, 1.807) is 0 Å². The number of hydrogen-bond acceptors (Lipinski definition) is 2. The fraction of sp³-hybridized carbons (Fsp3) is 0.700. The number of imidazole rings is 1. The Labute approximate surface area is 79.2 Å². The van der Waals surface area contributed by atoms with Crippen LogP contribution in [-0.2, 0) is 6.54 Å². The maximum atomic E-state index is 4.29. The van der Waals surface area contributed by atoms with E-state index in [-0.39, 0.29) is 0 Å². The van der Waals surface area contributed by atoms with Gasteiger partial charge in [-0.1, -0.05) is 0 Å². The molecular weight excluding hydrogens is 162 g/mol. The Bertz CT molecular complexity index is 286. The van der Waals surface area contributed by atoms with Gasteiger partial charge in [0.05, 0.1) is 12.0 Å². The van der Waals surface area contributed by atoms with Crippen molar-refractivity contribution in [3.63, 3.8) is 0 Å². The van der Waals surface area contributed by atoms with Crippen molar-refractivity contribution < 1.29 is 0 Å². The average molecular weight is 179 g/mol. The lowest BCUT2D eigenvalue weighted by Crippen LogP contribution is -2.42. The second-order valence-corrected chi connectivity index (χ2v) is 3.92. The SMILES string of the molecule is Cc1ncn(CCC2CNC2)c1C. The Kier molecular flexibility index (Phi) is 2.36. The summed E-state index contributed by atoms with van der Waals surface area (Å²) in [5.41, 5.74) is 2.47. The van der Waals surface area contributed by atoms with Crippen LogP contribution < -0.4 is 5.32 Å². The molecule has 72 valence electrons. The van der Waals surface area contributed by atoms with E-state index in [0.29, 0.717) is 0 Å². The highest BCUT2D eigenvalue weighted by molar-refractivity contribution is 5.08. The van der Waals surface area contributed by atoms with Crippen molar-refractivity contribution in [1.29, 1.82) is 0 Å². The number of nitrogens with one attached hydrogen (secondary N) is 1. The van der Waals surface area contributed by atoms with Gasteiger partial charge in [-0.15, -0.1) is 0 Å². The van der Waals surface area contributed by atoms with Crippen molar-refractivity contribution in [2.24, 2.45) is 5.92 Å². The normalized spacial score (nSPS) is 17.4. The molecule has 1 saturated heterocycles. The molecule has 1 aliphatic heterocycles. The summed E-state index contributed by atoms with van der Waals surface area (Å²) in [5.74, 6) is 0.891. The van der Waals surface area contributed by atoms with Crippen molar-refractivity contribution >= 4 is 0 Å². The summed E-state index contributed by atoms with van der Waals surface area (Å²) in [6, 6.07) is 0. The second-order valence-electron chi connectivity index (χ2n) is 3.92. The summed E-state index contributed by atoms with van der Waals surface area (Å²) in [5, 5.41) is 3.29. The van der Waals surface area contributed by atoms with Crippen LogP contribution >= 0.6 is 0 Å². The predicted octanol–water partition coefficient (Wildman–Crippen LogP) is 1.11. The maximum absolute atomic E-state index is 4.29. The van der Waals surface area contributed by atoms with Crippen LogP contribution in [0.4, 0.5) is 0 Å². The van der Waals surface area contributed by atoms with Crippen molar-refractivity contribution in [2.45, 2.75) is 26.8 Å². The molecule has 1 fully saturated rings. The molecule has 0 amide bonds. The Balaban J connectivity index is 1.89. The van der Waals surface area contributed by atoms with Gasteiger partial charge in [0.1, 0.15) is 0 Å². The molecule has 0 radical (unpaired) electrons. The van der Waals surface area contributed by atoms with Crippen molar-refractivity contribution in [3.05, 3.63) is 17.7 Å². The van der Waals surface area contributed by atoms with Gasteiger partial charge in [-0.3, -0.25) is 0 Å². The molecule has 13 heavy (non-hydrogen) atoms. The third-order valence-electron chi connectivity index (χ3n) is 2.99. The molecule has 3 nitrogen and oxygen atoms in total. The topological polar surface area (TPSA) is 29.9 Å². The molecule has 0 aromatic carbocycles. The third kappa shape index (κ3) is 1.75. The van der Waals surface area contributed by atoms with E-state index in [9.17, 15) is 0 Å². The first-order valence-electron chi connectivity index (χ1n) is 4.96. The van der Waals surface area contributed by atoms with Gasteiger partial charge < -0.3 is 9.88 Å². The number of rotatable bonds is 3. The largest absolute Gasteiger partial charge is 0.335 e. The van der Waals surface area contributed by atoms with Gasteiger partial charge in [0.15, 0.2) is 0 Å². The van der Waals surface area contributed by atoms with Crippen molar-refractivity contribution in [1.82, 2.24) is 14.9 Å². The standard InChI is InChI=1S/C10H17N3/c1-8-9(2)13(7-12-8)4-3-10-5-11-6-10/h7,10-11H,3-6H2,1-2H3. The number of hydrogen-bond donors (Lipinski definition) is 1. The number of aryl methyl sites for hydroxylation is 2. The van der Waals surface area contributed by atoms with E-state index in [2.05, 4.69) is 28.7 Å². The van der Waals surface area contributed by atoms with E-state index in [0.717, 1.165) is 18.2 Å².